The molecule has 2 atom stereocenters. The summed E-state index contributed by atoms with van der Waals surface area (Å²) in [4.78, 5) is 2.82. The van der Waals surface area contributed by atoms with Crippen molar-refractivity contribution in [2.75, 3.05) is 26.7 Å². The van der Waals surface area contributed by atoms with E-state index in [9.17, 15) is 0 Å². The molecule has 1 aliphatic carbocycles. The molecule has 0 aromatic rings. The molecule has 0 amide bonds. The van der Waals surface area contributed by atoms with Crippen molar-refractivity contribution in [1.82, 2.24) is 10.2 Å². The molecule has 2 unspecified atom stereocenters. The topological polar surface area (TPSA) is 15.3 Å². The summed E-state index contributed by atoms with van der Waals surface area (Å²) < 4.78 is 0. The Labute approximate surface area is 107 Å². The molecule has 1 N–H and O–H groups in total. The van der Waals surface area contributed by atoms with E-state index < -0.39 is 0 Å². The van der Waals surface area contributed by atoms with Crippen LogP contribution in [0.2, 0.25) is 0 Å². The second kappa shape index (κ2) is 7.38. The maximum absolute atomic E-state index is 3.23. The first-order chi connectivity index (χ1) is 8.42. The van der Waals surface area contributed by atoms with E-state index in [1.165, 1.54) is 77.4 Å². The number of unbranched alkanes of at least 4 members (excludes halogenated alkanes) is 3. The van der Waals surface area contributed by atoms with Crippen LogP contribution in [0.15, 0.2) is 0 Å². The average molecular weight is 238 g/mol. The van der Waals surface area contributed by atoms with Gasteiger partial charge in [0.15, 0.2) is 0 Å². The fourth-order valence-corrected chi connectivity index (χ4v) is 3.80. The second-order valence-electron chi connectivity index (χ2n) is 5.95. The molecular formula is C15H30N2. The van der Waals surface area contributed by atoms with Crippen molar-refractivity contribution in [2.45, 2.75) is 63.8 Å². The van der Waals surface area contributed by atoms with Crippen molar-refractivity contribution in [2.24, 2.45) is 5.92 Å². The summed E-state index contributed by atoms with van der Waals surface area (Å²) >= 11 is 0. The number of hydrogen-bond donors (Lipinski definition) is 1. The third-order valence-electron chi connectivity index (χ3n) is 4.73. The van der Waals surface area contributed by atoms with E-state index in [0.29, 0.717) is 0 Å². The molecule has 17 heavy (non-hydrogen) atoms. The first-order valence-electron chi connectivity index (χ1n) is 7.80. The van der Waals surface area contributed by atoms with Crippen molar-refractivity contribution in [3.8, 4) is 0 Å². The van der Waals surface area contributed by atoms with Crippen molar-refractivity contribution in [3.05, 3.63) is 0 Å². The highest BCUT2D eigenvalue weighted by Crippen LogP contribution is 2.36. The summed E-state index contributed by atoms with van der Waals surface area (Å²) in [6.45, 7) is 3.95. The number of rotatable bonds is 7. The summed E-state index contributed by atoms with van der Waals surface area (Å²) in [7, 11) is 2.05. The Kier molecular flexibility index (Phi) is 5.79. The van der Waals surface area contributed by atoms with Gasteiger partial charge in [-0.05, 0) is 71.1 Å². The summed E-state index contributed by atoms with van der Waals surface area (Å²) in [5.74, 6) is 1.06. The van der Waals surface area contributed by atoms with Gasteiger partial charge in [-0.2, -0.15) is 0 Å². The van der Waals surface area contributed by atoms with Crippen molar-refractivity contribution in [3.63, 3.8) is 0 Å². The highest BCUT2D eigenvalue weighted by Gasteiger charge is 2.34. The first kappa shape index (κ1) is 13.4. The zero-order valence-corrected chi connectivity index (χ0v) is 11.6. The Bertz CT molecular complexity index is 205. The maximum Gasteiger partial charge on any atom is 0.0123 e. The molecule has 2 fully saturated rings. The minimum Gasteiger partial charge on any atom is -0.320 e. The number of piperidine rings is 1. The van der Waals surface area contributed by atoms with Crippen LogP contribution >= 0.6 is 0 Å². The van der Waals surface area contributed by atoms with Gasteiger partial charge in [-0.15, -0.1) is 0 Å². The quantitative estimate of drug-likeness (QED) is 0.686. The van der Waals surface area contributed by atoms with E-state index in [4.69, 9.17) is 0 Å². The molecule has 100 valence electrons. The number of hydrogen-bond acceptors (Lipinski definition) is 2. The van der Waals surface area contributed by atoms with Gasteiger partial charge in [-0.1, -0.05) is 19.3 Å². The predicted molar refractivity (Wildman–Crippen MR) is 74.3 cm³/mol. The lowest BCUT2D eigenvalue weighted by molar-refractivity contribution is 0.111. The zero-order chi connectivity index (χ0) is 11.9. The lowest BCUT2D eigenvalue weighted by Gasteiger charge is -2.37. The van der Waals surface area contributed by atoms with E-state index >= 15 is 0 Å². The minimum atomic E-state index is 0.973. The minimum absolute atomic E-state index is 0.973. The second-order valence-corrected chi connectivity index (χ2v) is 5.95. The lowest BCUT2D eigenvalue weighted by Crippen LogP contribution is -2.42. The van der Waals surface area contributed by atoms with Gasteiger partial charge in [-0.3, -0.25) is 0 Å². The smallest absolute Gasteiger partial charge is 0.0123 e. The van der Waals surface area contributed by atoms with Gasteiger partial charge in [0, 0.05) is 6.04 Å². The van der Waals surface area contributed by atoms with E-state index in [1.54, 1.807) is 0 Å². The van der Waals surface area contributed by atoms with Gasteiger partial charge < -0.3 is 10.2 Å². The molecule has 0 spiro atoms. The molecule has 1 aliphatic heterocycles. The van der Waals surface area contributed by atoms with Crippen LogP contribution in [0.3, 0.4) is 0 Å². The Hall–Kier alpha value is -0.0800. The SMILES string of the molecule is CNCCCCCCN1CCCC2CCCC21. The van der Waals surface area contributed by atoms with Crippen LogP contribution in [0.25, 0.3) is 0 Å². The van der Waals surface area contributed by atoms with Crippen molar-refractivity contribution >= 4 is 0 Å². The molecule has 0 bridgehead atoms. The number of nitrogens with one attached hydrogen (secondary N) is 1. The molecule has 1 saturated heterocycles. The zero-order valence-electron chi connectivity index (χ0n) is 11.6. The third-order valence-corrected chi connectivity index (χ3v) is 4.73. The van der Waals surface area contributed by atoms with Crippen LogP contribution in [0.1, 0.15) is 57.8 Å². The molecule has 0 aromatic heterocycles. The van der Waals surface area contributed by atoms with Gasteiger partial charge in [0.1, 0.15) is 0 Å². The number of likely N-dealkylation sites (tertiary alicyclic amines) is 1. The predicted octanol–water partition coefficient (Wildman–Crippen LogP) is 3.03. The van der Waals surface area contributed by atoms with Crippen LogP contribution in [0, 0.1) is 5.92 Å². The van der Waals surface area contributed by atoms with Crippen molar-refractivity contribution < 1.29 is 0 Å². The molecular weight excluding hydrogens is 208 g/mol. The Morgan fingerprint density at radius 3 is 2.71 bits per heavy atom. The van der Waals surface area contributed by atoms with Gasteiger partial charge >= 0.3 is 0 Å². The molecule has 2 nitrogen and oxygen atoms in total. The van der Waals surface area contributed by atoms with Gasteiger partial charge in [-0.25, -0.2) is 0 Å². The molecule has 2 aliphatic rings. The maximum atomic E-state index is 3.23. The van der Waals surface area contributed by atoms with Gasteiger partial charge in [0.25, 0.3) is 0 Å². The van der Waals surface area contributed by atoms with E-state index in [2.05, 4.69) is 10.2 Å². The Morgan fingerprint density at radius 1 is 1.00 bits per heavy atom. The van der Waals surface area contributed by atoms with Crippen LogP contribution in [-0.4, -0.2) is 37.6 Å². The highest BCUT2D eigenvalue weighted by atomic mass is 15.2. The third kappa shape index (κ3) is 3.96. The standard InChI is InChI=1S/C15H30N2/c1-16-11-4-2-3-5-12-17-13-7-9-14-8-6-10-15(14)17/h14-16H,2-13H2,1H3. The van der Waals surface area contributed by atoms with Crippen molar-refractivity contribution in [1.29, 1.82) is 0 Å². The molecule has 2 rings (SSSR count). The molecule has 1 saturated carbocycles. The summed E-state index contributed by atoms with van der Waals surface area (Å²) in [5.41, 5.74) is 0. The lowest BCUT2D eigenvalue weighted by atomic mass is 9.92. The largest absolute Gasteiger partial charge is 0.320 e. The summed E-state index contributed by atoms with van der Waals surface area (Å²) in [6, 6.07) is 0.973. The molecule has 0 aromatic carbocycles. The fraction of sp³-hybridized carbons (Fsp3) is 1.00. The normalized spacial score (nSPS) is 29.5. The molecule has 1 heterocycles. The van der Waals surface area contributed by atoms with Gasteiger partial charge in [0.05, 0.1) is 0 Å². The summed E-state index contributed by atoms with van der Waals surface area (Å²) in [6.07, 6.45) is 13.1. The monoisotopic (exact) mass is 238 g/mol. The number of fused-ring (bicyclic) bond motifs is 1. The van der Waals surface area contributed by atoms with Crippen LogP contribution < -0.4 is 5.32 Å². The van der Waals surface area contributed by atoms with E-state index in [-0.39, 0.29) is 0 Å². The first-order valence-corrected chi connectivity index (χ1v) is 7.80. The summed E-state index contributed by atoms with van der Waals surface area (Å²) in [5, 5.41) is 3.23. The molecule has 0 radical (unpaired) electrons. The van der Waals surface area contributed by atoms with Gasteiger partial charge in [0.2, 0.25) is 0 Å². The molecule has 2 heteroatoms. The fourth-order valence-electron chi connectivity index (χ4n) is 3.80. The van der Waals surface area contributed by atoms with Crippen LogP contribution in [0.5, 0.6) is 0 Å². The highest BCUT2D eigenvalue weighted by molar-refractivity contribution is 4.88. The Morgan fingerprint density at radius 2 is 1.82 bits per heavy atom. The van der Waals surface area contributed by atoms with Crippen LogP contribution in [0.4, 0.5) is 0 Å². The van der Waals surface area contributed by atoms with Crippen LogP contribution in [-0.2, 0) is 0 Å². The number of nitrogens with zero attached hydrogens (tertiary/aromatic N) is 1. The Balaban J connectivity index is 1.58. The van der Waals surface area contributed by atoms with E-state index in [0.717, 1.165) is 12.0 Å². The average Bonchev–Trinajstić information content (AvgIpc) is 2.82. The van der Waals surface area contributed by atoms with E-state index in [1.807, 2.05) is 7.05 Å².